The number of aromatic nitrogens is 3. The number of hydrogen-bond donors (Lipinski definition) is 0. The third kappa shape index (κ3) is 5.23. The smallest absolute Gasteiger partial charge is 0.330 e. The van der Waals surface area contributed by atoms with Crippen molar-refractivity contribution >= 4 is 25.6 Å². The van der Waals surface area contributed by atoms with Crippen molar-refractivity contribution in [2.75, 3.05) is 6.61 Å². The van der Waals surface area contributed by atoms with Gasteiger partial charge in [-0.05, 0) is 48.2 Å². The maximum absolute atomic E-state index is 12.6. The Balaban J connectivity index is 2.12. The van der Waals surface area contributed by atoms with Gasteiger partial charge in [-0.2, -0.15) is 0 Å². The molecule has 2 rings (SSSR count). The summed E-state index contributed by atoms with van der Waals surface area (Å²) < 4.78 is 9.67. The number of nitrogens with zero attached hydrogens (tertiary/aromatic N) is 3. The lowest BCUT2D eigenvalue weighted by Crippen LogP contribution is -2.40. The van der Waals surface area contributed by atoms with Gasteiger partial charge >= 0.3 is 5.69 Å². The highest BCUT2D eigenvalue weighted by Crippen LogP contribution is 2.36. The van der Waals surface area contributed by atoms with Crippen LogP contribution < -0.4 is 5.69 Å². The average molecular weight is 404 g/mol. The summed E-state index contributed by atoms with van der Waals surface area (Å²) in [6.45, 7) is 19.1. The highest BCUT2D eigenvalue weighted by Gasteiger charge is 2.36. The fraction of sp³-hybridized carbons (Fsp3) is 0.636. The topological polar surface area (TPSA) is 49.0 Å². The van der Waals surface area contributed by atoms with E-state index in [1.807, 2.05) is 22.8 Å². The van der Waals surface area contributed by atoms with Crippen LogP contribution in [0.3, 0.4) is 0 Å². The molecule has 0 aromatic carbocycles. The van der Waals surface area contributed by atoms with E-state index in [4.69, 9.17) is 9.41 Å². The Morgan fingerprint density at radius 3 is 2.36 bits per heavy atom. The summed E-state index contributed by atoms with van der Waals surface area (Å²) >= 11 is 0. The Bertz CT molecular complexity index is 909. The van der Waals surface area contributed by atoms with Crippen molar-refractivity contribution in [1.29, 1.82) is 0 Å². The molecule has 2 aromatic rings. The average Bonchev–Trinajstić information content (AvgIpc) is 2.77. The normalized spacial score (nSPS) is 13.8. The second-order valence-electron chi connectivity index (χ2n) is 10.4. The third-order valence-electron chi connectivity index (χ3n) is 5.48. The highest BCUT2D eigenvalue weighted by molar-refractivity contribution is 6.74. The largest absolute Gasteiger partial charge is 0.417 e. The molecular formula is C22H37N3O2Si. The summed E-state index contributed by atoms with van der Waals surface area (Å²) in [5.74, 6) is 0. The summed E-state index contributed by atoms with van der Waals surface area (Å²) in [6, 6.07) is 3.98. The van der Waals surface area contributed by atoms with Crippen molar-refractivity contribution in [3.8, 4) is 0 Å². The lowest BCUT2D eigenvalue weighted by molar-refractivity contribution is 0.294. The molecule has 0 spiro atoms. The Labute approximate surface area is 170 Å². The molecule has 0 aliphatic rings. The Kier molecular flexibility index (Phi) is 6.46. The monoisotopic (exact) mass is 403 g/mol. The Morgan fingerprint density at radius 2 is 1.79 bits per heavy atom. The van der Waals surface area contributed by atoms with Crippen LogP contribution in [0.15, 0.2) is 23.0 Å². The lowest BCUT2D eigenvalue weighted by atomic mass is 9.97. The van der Waals surface area contributed by atoms with Crippen LogP contribution in [0.5, 0.6) is 0 Å². The van der Waals surface area contributed by atoms with Crippen molar-refractivity contribution in [2.24, 2.45) is 12.5 Å². The van der Waals surface area contributed by atoms with Gasteiger partial charge in [0, 0.05) is 20.2 Å². The molecule has 0 aliphatic heterocycles. The van der Waals surface area contributed by atoms with E-state index in [0.29, 0.717) is 6.54 Å². The van der Waals surface area contributed by atoms with E-state index in [-0.39, 0.29) is 16.1 Å². The first kappa shape index (κ1) is 22.6. The summed E-state index contributed by atoms with van der Waals surface area (Å²) in [6.07, 6.45) is 4.97. The number of pyridine rings is 1. The summed E-state index contributed by atoms with van der Waals surface area (Å²) in [4.78, 5) is 17.3. The Hall–Kier alpha value is -1.66. The molecule has 0 bridgehead atoms. The fourth-order valence-corrected chi connectivity index (χ4v) is 3.87. The molecule has 6 heteroatoms. The summed E-state index contributed by atoms with van der Waals surface area (Å²) in [7, 11) is 0.0975. The van der Waals surface area contributed by atoms with Crippen molar-refractivity contribution in [2.45, 2.75) is 72.6 Å². The predicted molar refractivity (Wildman–Crippen MR) is 121 cm³/mol. The summed E-state index contributed by atoms with van der Waals surface area (Å²) in [5, 5.41) is 0.230. The zero-order valence-corrected chi connectivity index (χ0v) is 20.1. The van der Waals surface area contributed by atoms with Crippen LogP contribution >= 0.6 is 0 Å². The van der Waals surface area contributed by atoms with Gasteiger partial charge in [0.05, 0.1) is 11.2 Å². The lowest BCUT2D eigenvalue weighted by Gasteiger charge is -2.36. The fourth-order valence-electron chi connectivity index (χ4n) is 2.81. The van der Waals surface area contributed by atoms with Crippen molar-refractivity contribution in [3.63, 3.8) is 0 Å². The van der Waals surface area contributed by atoms with Crippen LogP contribution in [-0.2, 0) is 18.0 Å². The second kappa shape index (κ2) is 7.99. The van der Waals surface area contributed by atoms with Crippen LogP contribution in [0.25, 0.3) is 17.2 Å². The molecule has 0 aliphatic carbocycles. The van der Waals surface area contributed by atoms with Gasteiger partial charge in [-0.25, -0.2) is 9.78 Å². The Morgan fingerprint density at radius 1 is 1.14 bits per heavy atom. The zero-order chi connectivity index (χ0) is 21.3. The predicted octanol–water partition coefficient (Wildman–Crippen LogP) is 5.21. The van der Waals surface area contributed by atoms with E-state index >= 15 is 0 Å². The van der Waals surface area contributed by atoms with E-state index < -0.39 is 8.32 Å². The van der Waals surface area contributed by atoms with Crippen molar-refractivity contribution in [1.82, 2.24) is 14.1 Å². The van der Waals surface area contributed by atoms with Crippen LogP contribution in [0.4, 0.5) is 0 Å². The minimum Gasteiger partial charge on any atom is -0.417 e. The highest BCUT2D eigenvalue weighted by atomic mass is 28.4. The number of fused-ring (bicyclic) bond motifs is 1. The third-order valence-corrected chi connectivity index (χ3v) is 10.0. The first-order valence-corrected chi connectivity index (χ1v) is 13.0. The van der Waals surface area contributed by atoms with Crippen LogP contribution in [0.1, 0.15) is 53.7 Å². The van der Waals surface area contributed by atoms with Crippen molar-refractivity contribution < 1.29 is 4.43 Å². The van der Waals surface area contributed by atoms with E-state index in [1.54, 1.807) is 11.6 Å². The molecule has 0 amide bonds. The van der Waals surface area contributed by atoms with E-state index in [9.17, 15) is 4.79 Å². The van der Waals surface area contributed by atoms with Gasteiger partial charge in [0.25, 0.3) is 0 Å². The maximum Gasteiger partial charge on any atom is 0.330 e. The van der Waals surface area contributed by atoms with E-state index in [2.05, 4.69) is 60.7 Å². The van der Waals surface area contributed by atoms with Gasteiger partial charge in [-0.3, -0.25) is 9.13 Å². The first-order valence-electron chi connectivity index (χ1n) is 10.1. The zero-order valence-electron chi connectivity index (χ0n) is 19.1. The molecular weight excluding hydrogens is 366 g/mol. The minimum absolute atomic E-state index is 0.0127. The van der Waals surface area contributed by atoms with Gasteiger partial charge in [0.15, 0.2) is 14.0 Å². The molecule has 0 fully saturated rings. The van der Waals surface area contributed by atoms with Crippen LogP contribution in [0.2, 0.25) is 18.1 Å². The van der Waals surface area contributed by atoms with Gasteiger partial charge in [0.2, 0.25) is 0 Å². The SMILES string of the molecule is Cn1c(=O)n(CC(C)(C)C)c2ccc(C=CCCO[Si](C)(C)C(C)(C)C)nc21. The molecule has 0 saturated heterocycles. The molecule has 2 heterocycles. The van der Waals surface area contributed by atoms with Gasteiger partial charge in [-0.15, -0.1) is 0 Å². The number of imidazole rings is 1. The van der Waals surface area contributed by atoms with Gasteiger partial charge in [-0.1, -0.05) is 47.6 Å². The molecule has 0 atom stereocenters. The quantitative estimate of drug-likeness (QED) is 0.491. The molecule has 156 valence electrons. The van der Waals surface area contributed by atoms with Gasteiger partial charge in [0.1, 0.15) is 0 Å². The van der Waals surface area contributed by atoms with Crippen LogP contribution in [-0.4, -0.2) is 29.0 Å². The number of aryl methyl sites for hydroxylation is 1. The standard InChI is InChI=1S/C22H37N3O2Si/c1-21(2,3)16-25-18-14-13-17(23-19(18)24(7)20(25)26)12-10-11-15-27-28(8,9)22(4,5)6/h10,12-14H,11,15-16H2,1-9H3. The molecule has 0 saturated carbocycles. The maximum atomic E-state index is 12.6. The molecule has 2 aromatic heterocycles. The minimum atomic E-state index is -1.69. The molecule has 0 radical (unpaired) electrons. The molecule has 5 nitrogen and oxygen atoms in total. The molecule has 0 N–H and O–H groups in total. The van der Waals surface area contributed by atoms with Crippen molar-refractivity contribution in [3.05, 3.63) is 34.4 Å². The van der Waals surface area contributed by atoms with E-state index in [1.165, 1.54) is 0 Å². The first-order chi connectivity index (χ1) is 12.7. The van der Waals surface area contributed by atoms with Crippen LogP contribution in [0, 0.1) is 5.41 Å². The number of rotatable bonds is 6. The van der Waals surface area contributed by atoms with Gasteiger partial charge < -0.3 is 4.43 Å². The second-order valence-corrected chi connectivity index (χ2v) is 15.2. The molecule has 28 heavy (non-hydrogen) atoms. The number of hydrogen-bond acceptors (Lipinski definition) is 3. The molecule has 0 unspecified atom stereocenters. The summed E-state index contributed by atoms with van der Waals surface area (Å²) in [5.41, 5.74) is 2.50. The van der Waals surface area contributed by atoms with E-state index in [0.717, 1.165) is 29.9 Å².